The number of ether oxygens (including phenoxy) is 5. The van der Waals surface area contributed by atoms with Crippen molar-refractivity contribution in [3.05, 3.63) is 64.9 Å². The number of likely N-dealkylation sites (N-methyl/N-ethyl adjacent to an activating group) is 1. The molecule has 7 aliphatic heterocycles. The minimum absolute atomic E-state index is 0.0865. The Balaban J connectivity index is 1.20. The van der Waals surface area contributed by atoms with Crippen LogP contribution in [-0.2, 0) is 50.6 Å². The predicted molar refractivity (Wildman–Crippen MR) is 240 cm³/mol. The molecule has 1 saturated carbocycles. The standard InChI is InChI=1S/C50H63N5O9/c1-8-45(59)26-31-27-47(43(57)61-6,40-33(15-21-53(28-31)29-45)34-23-32(13-14-37(34)51-40)54-18-10-11-19-54)36-24-35-38(25-39(36)60-5)52(4)50-48(35)17-22-55-20-12-16-46(9-2,41(48)55)42(63-30(3)56)49(50,64-50)44(58)62-7/h12-14,16,23-25,31,41-42,51,59H,8-11,15,17-22,26-29H2,1-7H3/t31-,41+,42-,45+,46-,47+,48-,49+,50+/m1/s1. The Morgan fingerprint density at radius 1 is 0.953 bits per heavy atom. The van der Waals surface area contributed by atoms with Crippen molar-refractivity contribution >= 4 is 40.2 Å². The third kappa shape index (κ3) is 5.03. The summed E-state index contributed by atoms with van der Waals surface area (Å²) >= 11 is 0. The van der Waals surface area contributed by atoms with E-state index in [0.29, 0.717) is 69.5 Å². The number of aromatic nitrogens is 1. The van der Waals surface area contributed by atoms with Gasteiger partial charge in [-0.05, 0) is 99.2 Å². The van der Waals surface area contributed by atoms with E-state index in [1.165, 1.54) is 26.8 Å². The van der Waals surface area contributed by atoms with Gasteiger partial charge in [0.05, 0.1) is 32.3 Å². The van der Waals surface area contributed by atoms with Crippen molar-refractivity contribution in [2.75, 3.05) is 84.0 Å². The monoisotopic (exact) mass is 877 g/mol. The molecule has 1 unspecified atom stereocenters. The number of hydrogen-bond donors (Lipinski definition) is 2. The summed E-state index contributed by atoms with van der Waals surface area (Å²) in [5.41, 5.74) is -0.551. The molecule has 8 heterocycles. The number of nitrogens with zero attached hydrogens (tertiary/aromatic N) is 4. The van der Waals surface area contributed by atoms with Crippen molar-refractivity contribution in [2.24, 2.45) is 11.3 Å². The Morgan fingerprint density at radius 2 is 1.73 bits per heavy atom. The molecule has 11 rings (SSSR count). The van der Waals surface area contributed by atoms with Crippen LogP contribution >= 0.6 is 0 Å². The fraction of sp³-hybridized carbons (Fsp3) is 0.620. The summed E-state index contributed by atoms with van der Waals surface area (Å²) in [5, 5.41) is 13.2. The second kappa shape index (κ2) is 14.2. The molecule has 14 heteroatoms. The second-order valence-electron chi connectivity index (χ2n) is 20.2. The molecule has 0 radical (unpaired) electrons. The van der Waals surface area contributed by atoms with Crippen molar-refractivity contribution in [1.29, 1.82) is 0 Å². The first-order chi connectivity index (χ1) is 30.8. The number of piperidine rings is 1. The maximum absolute atomic E-state index is 15.6. The number of H-pyrrole nitrogens is 1. The number of fused-ring (bicyclic) bond motifs is 6. The lowest BCUT2D eigenvalue weighted by molar-refractivity contribution is -0.178. The molecule has 14 nitrogen and oxygen atoms in total. The Hall–Kier alpha value is -4.63. The zero-order chi connectivity index (χ0) is 44.8. The molecule has 64 heavy (non-hydrogen) atoms. The van der Waals surface area contributed by atoms with E-state index in [9.17, 15) is 14.7 Å². The van der Waals surface area contributed by atoms with Gasteiger partial charge in [-0.2, -0.15) is 0 Å². The second-order valence-corrected chi connectivity index (χ2v) is 20.2. The molecular formula is C50H63N5O9. The lowest BCUT2D eigenvalue weighted by atomic mass is 9.49. The Morgan fingerprint density at radius 3 is 2.44 bits per heavy atom. The molecule has 8 aliphatic rings. The lowest BCUT2D eigenvalue weighted by Crippen LogP contribution is -2.75. The molecule has 0 amide bonds. The number of anilines is 2. The van der Waals surface area contributed by atoms with Gasteiger partial charge >= 0.3 is 17.9 Å². The molecule has 10 atom stereocenters. The van der Waals surface area contributed by atoms with Gasteiger partial charge in [-0.25, -0.2) is 4.79 Å². The number of nitrogens with one attached hydrogen (secondary N) is 1. The number of aromatic amines is 1. The van der Waals surface area contributed by atoms with Crippen molar-refractivity contribution < 1.29 is 43.2 Å². The maximum Gasteiger partial charge on any atom is 0.347 e. The number of carbonyl (C=O) groups is 3. The molecule has 2 spiro atoms. The van der Waals surface area contributed by atoms with Crippen molar-refractivity contribution in [3.8, 4) is 5.75 Å². The molecule has 2 bridgehead atoms. The smallest absolute Gasteiger partial charge is 0.347 e. The summed E-state index contributed by atoms with van der Waals surface area (Å²) in [6, 6.07) is 10.6. The summed E-state index contributed by atoms with van der Waals surface area (Å²) < 4.78 is 31.7. The van der Waals surface area contributed by atoms with E-state index < -0.39 is 57.2 Å². The average Bonchev–Trinajstić information content (AvgIpc) is 3.74. The molecule has 1 aromatic heterocycles. The van der Waals surface area contributed by atoms with Crippen molar-refractivity contribution in [2.45, 2.75) is 112 Å². The summed E-state index contributed by atoms with van der Waals surface area (Å²) in [5.74, 6) is -1.07. The van der Waals surface area contributed by atoms with E-state index in [2.05, 4.69) is 67.9 Å². The van der Waals surface area contributed by atoms with Gasteiger partial charge in [0.2, 0.25) is 0 Å². The first-order valence-corrected chi connectivity index (χ1v) is 23.6. The Bertz CT molecular complexity index is 2500. The van der Waals surface area contributed by atoms with Crippen LogP contribution in [0.15, 0.2) is 42.5 Å². The number of hydrogen-bond acceptors (Lipinski definition) is 13. The van der Waals surface area contributed by atoms with E-state index in [1.54, 1.807) is 7.11 Å². The quantitative estimate of drug-likeness (QED) is 0.136. The highest BCUT2D eigenvalue weighted by atomic mass is 16.7. The highest BCUT2D eigenvalue weighted by Gasteiger charge is 2.98. The zero-order valence-corrected chi connectivity index (χ0v) is 38.4. The molecule has 5 fully saturated rings. The third-order valence-corrected chi connectivity index (χ3v) is 17.6. The van der Waals surface area contributed by atoms with Gasteiger partial charge < -0.3 is 43.6 Å². The van der Waals surface area contributed by atoms with Crippen LogP contribution in [0.3, 0.4) is 0 Å². The van der Waals surface area contributed by atoms with Crippen LogP contribution in [0, 0.1) is 11.3 Å². The van der Waals surface area contributed by atoms with Crippen LogP contribution in [-0.4, -0.2) is 141 Å². The molecular weight excluding hydrogens is 815 g/mol. The maximum atomic E-state index is 15.6. The van der Waals surface area contributed by atoms with Crippen molar-refractivity contribution in [1.82, 2.24) is 14.8 Å². The Labute approximate surface area is 375 Å². The number of epoxide rings is 1. The zero-order valence-electron chi connectivity index (χ0n) is 38.4. The van der Waals surface area contributed by atoms with E-state index in [-0.39, 0.29) is 12.0 Å². The van der Waals surface area contributed by atoms with E-state index in [1.807, 2.05) is 20.0 Å². The SMILES string of the molecule is CC[C@]1(O)C[C@H]2CN(CCc3c([nH]c4ccc(N5CCCC5)cc34)[C@@](C(=O)OC)(c3cc4c(cc3OC)N(C)[C@@]35O[C@]3(C(=O)OC)[C@H](OC(C)=O)[C@]3(CC)C=CCN6CC[C@]45[C@@H]63)C2)C1. The van der Waals surface area contributed by atoms with E-state index in [0.717, 1.165) is 72.4 Å². The van der Waals surface area contributed by atoms with Gasteiger partial charge in [-0.1, -0.05) is 26.0 Å². The number of carbonyl (C=O) groups excluding carboxylic acids is 3. The third-order valence-electron chi connectivity index (χ3n) is 17.6. The van der Waals surface area contributed by atoms with Crippen LogP contribution in [0.2, 0.25) is 0 Å². The van der Waals surface area contributed by atoms with Gasteiger partial charge in [0.25, 0.3) is 5.60 Å². The van der Waals surface area contributed by atoms with Crippen LogP contribution in [0.4, 0.5) is 11.4 Å². The van der Waals surface area contributed by atoms with Gasteiger partial charge in [0, 0.05) is 104 Å². The molecule has 342 valence electrons. The number of aliphatic hydroxyl groups is 1. The largest absolute Gasteiger partial charge is 0.496 e. The summed E-state index contributed by atoms with van der Waals surface area (Å²) in [6.07, 6.45) is 8.98. The number of esters is 3. The first-order valence-electron chi connectivity index (χ1n) is 23.6. The van der Waals surface area contributed by atoms with Crippen LogP contribution < -0.4 is 14.5 Å². The fourth-order valence-electron chi connectivity index (χ4n) is 15.1. The van der Waals surface area contributed by atoms with E-state index >= 15 is 4.79 Å². The normalized spacial score (nSPS) is 37.9. The Kier molecular flexibility index (Phi) is 9.32. The highest BCUT2D eigenvalue weighted by molar-refractivity contribution is 5.97. The van der Waals surface area contributed by atoms with Gasteiger partial charge in [-0.15, -0.1) is 0 Å². The molecule has 1 aliphatic carbocycles. The predicted octanol–water partition coefficient (Wildman–Crippen LogP) is 4.96. The first kappa shape index (κ1) is 42.0. The number of benzene rings is 2. The molecule has 2 aromatic carbocycles. The summed E-state index contributed by atoms with van der Waals surface area (Å²) in [4.78, 5) is 56.7. The summed E-state index contributed by atoms with van der Waals surface area (Å²) in [7, 11) is 6.43. The number of rotatable bonds is 8. The average molecular weight is 878 g/mol. The van der Waals surface area contributed by atoms with Crippen LogP contribution in [0.1, 0.15) is 88.1 Å². The van der Waals surface area contributed by atoms with Gasteiger partial charge in [-0.3, -0.25) is 19.4 Å². The van der Waals surface area contributed by atoms with Gasteiger partial charge in [0.1, 0.15) is 11.2 Å². The number of methoxy groups -OCH3 is 3. The van der Waals surface area contributed by atoms with E-state index in [4.69, 9.17) is 23.7 Å². The molecule has 3 aromatic rings. The summed E-state index contributed by atoms with van der Waals surface area (Å²) in [6.45, 7) is 11.0. The van der Waals surface area contributed by atoms with Crippen molar-refractivity contribution in [3.63, 3.8) is 0 Å². The fourth-order valence-corrected chi connectivity index (χ4v) is 15.1. The van der Waals surface area contributed by atoms with Crippen LogP contribution in [0.5, 0.6) is 5.75 Å². The lowest BCUT2D eigenvalue weighted by Gasteiger charge is -2.58. The molecule has 4 saturated heterocycles. The van der Waals surface area contributed by atoms with Crippen LogP contribution in [0.25, 0.3) is 10.9 Å². The minimum Gasteiger partial charge on any atom is -0.496 e. The molecule has 2 N–H and O–H groups in total. The highest BCUT2D eigenvalue weighted by Crippen LogP contribution is 2.80. The van der Waals surface area contributed by atoms with Gasteiger partial charge in [0.15, 0.2) is 11.8 Å². The topological polar surface area (TPSA) is 150 Å². The minimum atomic E-state index is -1.66.